The van der Waals surface area contributed by atoms with E-state index in [2.05, 4.69) is 9.98 Å². The Labute approximate surface area is 130 Å². The molecular formula is C16H12F3N3O. The topological polar surface area (TPSA) is 58.3 Å². The minimum atomic E-state index is -4.69. The summed E-state index contributed by atoms with van der Waals surface area (Å²) in [5.41, 5.74) is -1.12. The van der Waals surface area contributed by atoms with Crippen molar-refractivity contribution >= 4 is 12.2 Å². The third-order valence-electron chi connectivity index (χ3n) is 2.90. The van der Waals surface area contributed by atoms with Crippen LogP contribution in [0.1, 0.15) is 18.1 Å². The van der Waals surface area contributed by atoms with Crippen molar-refractivity contribution in [1.82, 2.24) is 4.98 Å². The Balaban J connectivity index is 2.67. The summed E-state index contributed by atoms with van der Waals surface area (Å²) in [6, 6.07) is 10.8. The largest absolute Gasteiger partial charge is 0.483 e. The average molecular weight is 319 g/mol. The van der Waals surface area contributed by atoms with Gasteiger partial charge in [0.2, 0.25) is 0 Å². The zero-order valence-corrected chi connectivity index (χ0v) is 12.1. The first kappa shape index (κ1) is 16.5. The van der Waals surface area contributed by atoms with Gasteiger partial charge >= 0.3 is 6.18 Å². The second-order valence-electron chi connectivity index (χ2n) is 4.42. The van der Waals surface area contributed by atoms with Crippen molar-refractivity contribution in [2.24, 2.45) is 4.99 Å². The SMILES string of the molecule is CCO/C=N/c1nc(-c2ccccc2)cc(C(F)(F)F)c1C#N. The third kappa shape index (κ3) is 3.86. The lowest BCUT2D eigenvalue weighted by Gasteiger charge is -2.12. The van der Waals surface area contributed by atoms with Crippen LogP contribution in [0.2, 0.25) is 0 Å². The van der Waals surface area contributed by atoms with Gasteiger partial charge in [0.05, 0.1) is 17.9 Å². The number of nitrogens with zero attached hydrogens (tertiary/aromatic N) is 3. The molecule has 0 N–H and O–H groups in total. The highest BCUT2D eigenvalue weighted by Gasteiger charge is 2.36. The van der Waals surface area contributed by atoms with Crippen LogP contribution in [0.25, 0.3) is 11.3 Å². The van der Waals surface area contributed by atoms with Crippen LogP contribution in [0.15, 0.2) is 41.4 Å². The van der Waals surface area contributed by atoms with Crippen LogP contribution in [0, 0.1) is 11.3 Å². The summed E-state index contributed by atoms with van der Waals surface area (Å²) in [6.45, 7) is 2.00. The fourth-order valence-corrected chi connectivity index (χ4v) is 1.88. The van der Waals surface area contributed by atoms with E-state index in [-0.39, 0.29) is 11.5 Å². The number of hydrogen-bond donors (Lipinski definition) is 0. The fraction of sp³-hybridized carbons (Fsp3) is 0.188. The summed E-state index contributed by atoms with van der Waals surface area (Å²) in [7, 11) is 0. The van der Waals surface area contributed by atoms with Crippen LogP contribution < -0.4 is 0 Å². The molecule has 0 aliphatic carbocycles. The molecule has 0 unspecified atom stereocenters. The molecule has 0 aliphatic rings. The van der Waals surface area contributed by atoms with Gasteiger partial charge in [-0.25, -0.2) is 4.98 Å². The molecular weight excluding hydrogens is 307 g/mol. The van der Waals surface area contributed by atoms with Crippen molar-refractivity contribution in [1.29, 1.82) is 5.26 Å². The number of benzene rings is 1. The fourth-order valence-electron chi connectivity index (χ4n) is 1.88. The smallest absolute Gasteiger partial charge is 0.417 e. The Morgan fingerprint density at radius 3 is 2.57 bits per heavy atom. The van der Waals surface area contributed by atoms with Gasteiger partial charge in [0.1, 0.15) is 11.6 Å². The van der Waals surface area contributed by atoms with Gasteiger partial charge in [-0.05, 0) is 13.0 Å². The predicted molar refractivity (Wildman–Crippen MR) is 79.2 cm³/mol. The molecule has 1 aromatic heterocycles. The van der Waals surface area contributed by atoms with Crippen LogP contribution in [0.4, 0.5) is 19.0 Å². The Bertz CT molecular complexity index is 750. The lowest BCUT2D eigenvalue weighted by Crippen LogP contribution is -2.09. The molecule has 1 aromatic carbocycles. The molecule has 23 heavy (non-hydrogen) atoms. The van der Waals surface area contributed by atoms with Gasteiger partial charge in [-0.3, -0.25) is 0 Å². The first-order valence-electron chi connectivity index (χ1n) is 6.69. The second-order valence-corrected chi connectivity index (χ2v) is 4.42. The first-order valence-corrected chi connectivity index (χ1v) is 6.69. The number of nitriles is 1. The number of pyridine rings is 1. The number of halogens is 3. The van der Waals surface area contributed by atoms with Gasteiger partial charge in [0.15, 0.2) is 12.2 Å². The summed E-state index contributed by atoms with van der Waals surface area (Å²) in [4.78, 5) is 7.81. The predicted octanol–water partition coefficient (Wildman–Crippen LogP) is 4.34. The highest BCUT2D eigenvalue weighted by atomic mass is 19.4. The molecule has 0 saturated heterocycles. The van der Waals surface area contributed by atoms with E-state index in [9.17, 15) is 13.2 Å². The quantitative estimate of drug-likeness (QED) is 0.622. The minimum absolute atomic E-state index is 0.0839. The first-order chi connectivity index (χ1) is 11.0. The highest BCUT2D eigenvalue weighted by Crippen LogP contribution is 2.37. The molecule has 0 radical (unpaired) electrons. The normalized spacial score (nSPS) is 11.4. The van der Waals surface area contributed by atoms with E-state index >= 15 is 0 Å². The van der Waals surface area contributed by atoms with Crippen molar-refractivity contribution in [3.05, 3.63) is 47.5 Å². The number of aromatic nitrogens is 1. The molecule has 0 saturated carbocycles. The van der Waals surface area contributed by atoms with Crippen LogP contribution in [-0.4, -0.2) is 18.0 Å². The zero-order valence-electron chi connectivity index (χ0n) is 12.1. The minimum Gasteiger partial charge on any atom is -0.483 e. The summed E-state index contributed by atoms with van der Waals surface area (Å²) >= 11 is 0. The maximum absolute atomic E-state index is 13.2. The van der Waals surface area contributed by atoms with Gasteiger partial charge in [-0.2, -0.15) is 23.4 Å². The molecule has 7 heteroatoms. The van der Waals surface area contributed by atoms with Gasteiger partial charge in [0, 0.05) is 5.56 Å². The van der Waals surface area contributed by atoms with Crippen molar-refractivity contribution in [3.63, 3.8) is 0 Å². The molecule has 118 valence electrons. The van der Waals surface area contributed by atoms with E-state index < -0.39 is 17.3 Å². The van der Waals surface area contributed by atoms with Crippen LogP contribution in [-0.2, 0) is 10.9 Å². The van der Waals surface area contributed by atoms with Crippen LogP contribution >= 0.6 is 0 Å². The van der Waals surface area contributed by atoms with E-state index in [1.807, 2.05) is 0 Å². The third-order valence-corrected chi connectivity index (χ3v) is 2.90. The Morgan fingerprint density at radius 2 is 2.00 bits per heavy atom. The molecule has 0 spiro atoms. The zero-order chi connectivity index (χ0) is 16.9. The molecule has 0 fully saturated rings. The number of aliphatic imine (C=N–C) groups is 1. The standard InChI is InChI=1S/C16H12F3N3O/c1-2-23-10-21-15-12(9-20)13(16(17,18)19)8-14(22-15)11-6-4-3-5-7-11/h3-8,10H,2H2,1H3/b21-10+. The molecule has 4 nitrogen and oxygen atoms in total. The van der Waals surface area contributed by atoms with Gasteiger partial charge in [-0.15, -0.1) is 0 Å². The lowest BCUT2D eigenvalue weighted by molar-refractivity contribution is -0.137. The van der Waals surface area contributed by atoms with Crippen molar-refractivity contribution in [3.8, 4) is 17.3 Å². The monoisotopic (exact) mass is 319 g/mol. The summed E-state index contributed by atoms with van der Waals surface area (Å²) < 4.78 is 44.6. The molecule has 2 rings (SSSR count). The highest BCUT2D eigenvalue weighted by molar-refractivity contribution is 5.68. The Morgan fingerprint density at radius 1 is 1.30 bits per heavy atom. The number of alkyl halides is 3. The molecule has 0 aliphatic heterocycles. The van der Waals surface area contributed by atoms with E-state index in [4.69, 9.17) is 10.00 Å². The number of rotatable bonds is 4. The average Bonchev–Trinajstić information content (AvgIpc) is 2.54. The number of hydrogen-bond acceptors (Lipinski definition) is 4. The second kappa shape index (κ2) is 6.92. The molecule has 0 amide bonds. The van der Waals surface area contributed by atoms with Crippen molar-refractivity contribution < 1.29 is 17.9 Å². The van der Waals surface area contributed by atoms with Crippen molar-refractivity contribution in [2.45, 2.75) is 13.1 Å². The Kier molecular flexibility index (Phi) is 4.96. The molecule has 2 aromatic rings. The summed E-state index contributed by atoms with van der Waals surface area (Å²) in [5.74, 6) is -0.324. The number of ether oxygens (including phenoxy) is 1. The van der Waals surface area contributed by atoms with Gasteiger partial charge in [-0.1, -0.05) is 30.3 Å². The molecule has 1 heterocycles. The van der Waals surface area contributed by atoms with E-state index in [0.29, 0.717) is 12.2 Å². The lowest BCUT2D eigenvalue weighted by atomic mass is 10.0. The van der Waals surface area contributed by atoms with E-state index in [1.165, 1.54) is 6.07 Å². The van der Waals surface area contributed by atoms with E-state index in [0.717, 1.165) is 12.5 Å². The molecule has 0 bridgehead atoms. The molecule has 0 atom stereocenters. The van der Waals surface area contributed by atoms with Crippen LogP contribution in [0.5, 0.6) is 0 Å². The maximum atomic E-state index is 13.2. The summed E-state index contributed by atoms with van der Waals surface area (Å²) in [6.07, 6.45) is -3.70. The van der Waals surface area contributed by atoms with Gasteiger partial charge < -0.3 is 4.74 Å². The maximum Gasteiger partial charge on any atom is 0.417 e. The van der Waals surface area contributed by atoms with Crippen LogP contribution in [0.3, 0.4) is 0 Å². The van der Waals surface area contributed by atoms with Crippen molar-refractivity contribution in [2.75, 3.05) is 6.61 Å². The van der Waals surface area contributed by atoms with E-state index in [1.54, 1.807) is 37.3 Å². The Hall–Kier alpha value is -2.88. The summed E-state index contributed by atoms with van der Waals surface area (Å²) in [5, 5.41) is 9.08. The van der Waals surface area contributed by atoms with Gasteiger partial charge in [0.25, 0.3) is 0 Å².